The first-order valence-corrected chi connectivity index (χ1v) is 7.20. The van der Waals surface area contributed by atoms with Crippen molar-refractivity contribution >= 4 is 5.91 Å². The van der Waals surface area contributed by atoms with E-state index in [9.17, 15) is 4.79 Å². The molecule has 1 fully saturated rings. The van der Waals surface area contributed by atoms with E-state index in [1.807, 2.05) is 30.9 Å². The van der Waals surface area contributed by atoms with Crippen molar-refractivity contribution in [2.45, 2.75) is 27.2 Å². The van der Waals surface area contributed by atoms with Crippen LogP contribution >= 0.6 is 0 Å². The molecule has 2 rings (SSSR count). The van der Waals surface area contributed by atoms with Crippen molar-refractivity contribution in [3.63, 3.8) is 0 Å². The van der Waals surface area contributed by atoms with Gasteiger partial charge in [-0.25, -0.2) is 0 Å². The van der Waals surface area contributed by atoms with Crippen LogP contribution in [0.3, 0.4) is 0 Å². The smallest absolute Gasteiger partial charge is 0.253 e. The van der Waals surface area contributed by atoms with Crippen LogP contribution in [-0.2, 0) is 0 Å². The van der Waals surface area contributed by atoms with Crippen LogP contribution in [0.2, 0.25) is 0 Å². The molecule has 0 N–H and O–H groups in total. The lowest BCUT2D eigenvalue weighted by Gasteiger charge is -2.34. The van der Waals surface area contributed by atoms with Crippen LogP contribution in [-0.4, -0.2) is 48.4 Å². The molecule has 104 valence electrons. The Labute approximate surface area is 116 Å². The molecule has 3 nitrogen and oxygen atoms in total. The number of rotatable bonds is 3. The molecular weight excluding hydrogens is 236 g/mol. The lowest BCUT2D eigenvalue weighted by atomic mass is 10.1. The van der Waals surface area contributed by atoms with Crippen molar-refractivity contribution in [3.05, 3.63) is 34.9 Å². The number of hydrogen-bond donors (Lipinski definition) is 0. The van der Waals surface area contributed by atoms with E-state index in [2.05, 4.69) is 17.9 Å². The monoisotopic (exact) mass is 260 g/mol. The zero-order valence-electron chi connectivity index (χ0n) is 12.3. The summed E-state index contributed by atoms with van der Waals surface area (Å²) in [5.74, 6) is 0.183. The van der Waals surface area contributed by atoms with Gasteiger partial charge in [0.05, 0.1) is 0 Å². The summed E-state index contributed by atoms with van der Waals surface area (Å²) < 4.78 is 0. The van der Waals surface area contributed by atoms with Crippen LogP contribution in [0.5, 0.6) is 0 Å². The highest BCUT2D eigenvalue weighted by Crippen LogP contribution is 2.13. The maximum absolute atomic E-state index is 12.5. The Balaban J connectivity index is 2.01. The van der Waals surface area contributed by atoms with Crippen LogP contribution in [0, 0.1) is 13.8 Å². The number of carbonyl (C=O) groups is 1. The Kier molecular flexibility index (Phi) is 4.59. The molecule has 1 saturated heterocycles. The number of carbonyl (C=O) groups excluding carboxylic acids is 1. The molecule has 1 amide bonds. The minimum Gasteiger partial charge on any atom is -0.336 e. The second kappa shape index (κ2) is 6.20. The molecule has 0 bridgehead atoms. The first kappa shape index (κ1) is 14.1. The molecule has 1 heterocycles. The quantitative estimate of drug-likeness (QED) is 0.833. The highest BCUT2D eigenvalue weighted by Gasteiger charge is 2.21. The molecule has 0 saturated carbocycles. The maximum Gasteiger partial charge on any atom is 0.253 e. The summed E-state index contributed by atoms with van der Waals surface area (Å²) in [4.78, 5) is 16.9. The molecule has 3 heteroatoms. The van der Waals surface area contributed by atoms with Crippen molar-refractivity contribution in [2.75, 3.05) is 32.7 Å². The van der Waals surface area contributed by atoms with E-state index in [1.54, 1.807) is 0 Å². The zero-order chi connectivity index (χ0) is 13.8. The van der Waals surface area contributed by atoms with Crippen LogP contribution in [0.15, 0.2) is 18.2 Å². The molecule has 0 radical (unpaired) electrons. The van der Waals surface area contributed by atoms with Gasteiger partial charge in [-0.3, -0.25) is 9.69 Å². The topological polar surface area (TPSA) is 23.6 Å². The summed E-state index contributed by atoms with van der Waals surface area (Å²) in [6, 6.07) is 6.09. The number of piperazine rings is 1. The van der Waals surface area contributed by atoms with E-state index in [0.29, 0.717) is 0 Å². The number of hydrogen-bond acceptors (Lipinski definition) is 2. The summed E-state index contributed by atoms with van der Waals surface area (Å²) in [5, 5.41) is 0. The van der Waals surface area contributed by atoms with Gasteiger partial charge in [0.25, 0.3) is 5.91 Å². The number of benzene rings is 1. The molecule has 0 aromatic heterocycles. The first-order chi connectivity index (χ1) is 9.10. The molecule has 0 atom stereocenters. The van der Waals surface area contributed by atoms with Crippen LogP contribution in [0.25, 0.3) is 0 Å². The second-order valence-corrected chi connectivity index (χ2v) is 5.51. The van der Waals surface area contributed by atoms with Gasteiger partial charge >= 0.3 is 0 Å². The van der Waals surface area contributed by atoms with E-state index < -0.39 is 0 Å². The first-order valence-electron chi connectivity index (χ1n) is 7.20. The van der Waals surface area contributed by atoms with Gasteiger partial charge in [0.15, 0.2) is 0 Å². The fourth-order valence-electron chi connectivity index (χ4n) is 2.77. The van der Waals surface area contributed by atoms with Crippen molar-refractivity contribution in [2.24, 2.45) is 0 Å². The molecule has 1 aromatic carbocycles. The summed E-state index contributed by atoms with van der Waals surface area (Å²) in [6.45, 7) is 11.1. The Morgan fingerprint density at radius 2 is 1.63 bits per heavy atom. The van der Waals surface area contributed by atoms with Crippen molar-refractivity contribution in [1.82, 2.24) is 9.80 Å². The van der Waals surface area contributed by atoms with E-state index >= 15 is 0 Å². The Morgan fingerprint density at radius 1 is 1.05 bits per heavy atom. The number of amides is 1. The normalized spacial score (nSPS) is 16.7. The van der Waals surface area contributed by atoms with Gasteiger partial charge in [0.1, 0.15) is 0 Å². The zero-order valence-corrected chi connectivity index (χ0v) is 12.3. The SMILES string of the molecule is CCCN1CCN(C(=O)c2cc(C)cc(C)c2)CC1. The van der Waals surface area contributed by atoms with E-state index in [-0.39, 0.29) is 5.91 Å². The lowest BCUT2D eigenvalue weighted by molar-refractivity contribution is 0.0637. The predicted molar refractivity (Wildman–Crippen MR) is 78.6 cm³/mol. The average Bonchev–Trinajstić information content (AvgIpc) is 2.38. The van der Waals surface area contributed by atoms with E-state index in [1.165, 1.54) is 6.42 Å². The highest BCUT2D eigenvalue weighted by molar-refractivity contribution is 5.94. The predicted octanol–water partition coefficient (Wildman–Crippen LogP) is 2.47. The van der Waals surface area contributed by atoms with Gasteiger partial charge in [0.2, 0.25) is 0 Å². The Morgan fingerprint density at radius 3 is 2.16 bits per heavy atom. The van der Waals surface area contributed by atoms with Crippen LogP contribution in [0.1, 0.15) is 34.8 Å². The van der Waals surface area contributed by atoms with E-state index in [0.717, 1.165) is 49.4 Å². The summed E-state index contributed by atoms with van der Waals surface area (Å²) >= 11 is 0. The Bertz CT molecular complexity index is 428. The minimum absolute atomic E-state index is 0.183. The second-order valence-electron chi connectivity index (χ2n) is 5.51. The number of aryl methyl sites for hydroxylation is 2. The molecule has 0 aliphatic carbocycles. The molecule has 19 heavy (non-hydrogen) atoms. The number of nitrogens with zero attached hydrogens (tertiary/aromatic N) is 2. The molecule has 0 unspecified atom stereocenters. The minimum atomic E-state index is 0.183. The van der Waals surface area contributed by atoms with Gasteiger partial charge in [-0.1, -0.05) is 24.1 Å². The molecule has 0 spiro atoms. The van der Waals surface area contributed by atoms with Gasteiger partial charge in [0, 0.05) is 31.7 Å². The summed E-state index contributed by atoms with van der Waals surface area (Å²) in [5.41, 5.74) is 3.15. The highest BCUT2D eigenvalue weighted by atomic mass is 16.2. The fraction of sp³-hybridized carbons (Fsp3) is 0.562. The molecule has 1 aliphatic heterocycles. The third-order valence-corrected chi connectivity index (χ3v) is 3.67. The molecular formula is C16H24N2O. The molecule has 1 aliphatic rings. The largest absolute Gasteiger partial charge is 0.336 e. The molecule has 1 aromatic rings. The average molecular weight is 260 g/mol. The lowest BCUT2D eigenvalue weighted by Crippen LogP contribution is -2.48. The maximum atomic E-state index is 12.5. The standard InChI is InChI=1S/C16H24N2O/c1-4-5-17-6-8-18(9-7-17)16(19)15-11-13(2)10-14(3)12-15/h10-12H,4-9H2,1-3H3. The van der Waals surface area contributed by atoms with Gasteiger partial charge in [-0.2, -0.15) is 0 Å². The summed E-state index contributed by atoms with van der Waals surface area (Å²) in [7, 11) is 0. The fourth-order valence-corrected chi connectivity index (χ4v) is 2.77. The third kappa shape index (κ3) is 3.57. The van der Waals surface area contributed by atoms with Gasteiger partial charge < -0.3 is 4.90 Å². The van der Waals surface area contributed by atoms with Crippen molar-refractivity contribution in [1.29, 1.82) is 0 Å². The van der Waals surface area contributed by atoms with Crippen LogP contribution in [0.4, 0.5) is 0 Å². The Hall–Kier alpha value is -1.35. The van der Waals surface area contributed by atoms with Crippen LogP contribution < -0.4 is 0 Å². The summed E-state index contributed by atoms with van der Waals surface area (Å²) in [6.07, 6.45) is 1.19. The van der Waals surface area contributed by atoms with E-state index in [4.69, 9.17) is 0 Å². The third-order valence-electron chi connectivity index (χ3n) is 3.67. The van der Waals surface area contributed by atoms with Crippen molar-refractivity contribution < 1.29 is 4.79 Å². The van der Waals surface area contributed by atoms with Gasteiger partial charge in [-0.05, 0) is 38.9 Å². The van der Waals surface area contributed by atoms with Gasteiger partial charge in [-0.15, -0.1) is 0 Å². The van der Waals surface area contributed by atoms with Crippen molar-refractivity contribution in [3.8, 4) is 0 Å².